The highest BCUT2D eigenvalue weighted by Crippen LogP contribution is 2.29. The Morgan fingerprint density at radius 3 is 2.41 bits per heavy atom. The predicted molar refractivity (Wildman–Crippen MR) is 103 cm³/mol. The third-order valence-corrected chi connectivity index (χ3v) is 5.72. The molecule has 0 saturated carbocycles. The standard InChI is InChI=1S/C20H16F3NOS2/c21-20(22,23)16-7-5-14(6-8-16)11-24-19(25)17-3-1-2-4-18(17)27-13-15-9-10-26-12-15/h1-10,12H,11,13H2,(H,24,25). The van der Waals surface area contributed by atoms with E-state index in [0.717, 1.165) is 22.8 Å². The lowest BCUT2D eigenvalue weighted by Gasteiger charge is -2.11. The van der Waals surface area contributed by atoms with Gasteiger partial charge in [0.25, 0.3) is 5.91 Å². The highest BCUT2D eigenvalue weighted by atomic mass is 32.2. The SMILES string of the molecule is O=C(NCc1ccc(C(F)(F)F)cc1)c1ccccc1SCc1ccsc1. The van der Waals surface area contributed by atoms with Crippen LogP contribution in [0.2, 0.25) is 0 Å². The molecule has 0 atom stereocenters. The smallest absolute Gasteiger partial charge is 0.348 e. The first-order chi connectivity index (χ1) is 12.9. The highest BCUT2D eigenvalue weighted by Gasteiger charge is 2.29. The first-order valence-corrected chi connectivity index (χ1v) is 10.0. The van der Waals surface area contributed by atoms with Gasteiger partial charge in [-0.15, -0.1) is 11.8 Å². The van der Waals surface area contributed by atoms with Crippen LogP contribution in [0.5, 0.6) is 0 Å². The number of rotatable bonds is 6. The second-order valence-electron chi connectivity index (χ2n) is 5.79. The maximum atomic E-state index is 12.6. The van der Waals surface area contributed by atoms with Crippen molar-refractivity contribution in [3.05, 3.63) is 87.6 Å². The summed E-state index contributed by atoms with van der Waals surface area (Å²) in [4.78, 5) is 13.4. The van der Waals surface area contributed by atoms with Gasteiger partial charge in [0.05, 0.1) is 11.1 Å². The van der Waals surface area contributed by atoms with Crippen molar-refractivity contribution in [3.8, 4) is 0 Å². The van der Waals surface area contributed by atoms with E-state index in [1.807, 2.05) is 23.6 Å². The lowest BCUT2D eigenvalue weighted by molar-refractivity contribution is -0.137. The molecule has 0 radical (unpaired) electrons. The second kappa shape index (κ2) is 8.63. The van der Waals surface area contributed by atoms with E-state index < -0.39 is 11.7 Å². The summed E-state index contributed by atoms with van der Waals surface area (Å²) in [6, 6.07) is 14.1. The van der Waals surface area contributed by atoms with Crippen molar-refractivity contribution in [1.29, 1.82) is 0 Å². The van der Waals surface area contributed by atoms with Crippen LogP contribution in [0.15, 0.2) is 70.3 Å². The average Bonchev–Trinajstić information content (AvgIpc) is 3.18. The molecule has 27 heavy (non-hydrogen) atoms. The minimum atomic E-state index is -4.36. The number of hydrogen-bond acceptors (Lipinski definition) is 3. The Kier molecular flexibility index (Phi) is 6.23. The molecule has 1 aromatic heterocycles. The number of nitrogens with one attached hydrogen (secondary N) is 1. The molecule has 0 unspecified atom stereocenters. The first-order valence-electron chi connectivity index (χ1n) is 8.11. The molecule has 0 fully saturated rings. The zero-order valence-electron chi connectivity index (χ0n) is 14.1. The van der Waals surface area contributed by atoms with E-state index in [1.165, 1.54) is 17.7 Å². The number of carbonyl (C=O) groups excluding carboxylic acids is 1. The zero-order chi connectivity index (χ0) is 19.3. The average molecular weight is 407 g/mol. The topological polar surface area (TPSA) is 29.1 Å². The van der Waals surface area contributed by atoms with Gasteiger partial charge in [0, 0.05) is 17.2 Å². The largest absolute Gasteiger partial charge is 0.416 e. The number of hydrogen-bond donors (Lipinski definition) is 1. The molecule has 1 amide bonds. The predicted octanol–water partition coefficient (Wildman–Crippen LogP) is 5.99. The molecule has 0 aliphatic heterocycles. The fourth-order valence-corrected chi connectivity index (χ4v) is 4.17. The Morgan fingerprint density at radius 2 is 1.74 bits per heavy atom. The number of carbonyl (C=O) groups is 1. The van der Waals surface area contributed by atoms with E-state index in [1.54, 1.807) is 35.2 Å². The molecular formula is C20H16F3NOS2. The van der Waals surface area contributed by atoms with Gasteiger partial charge in [-0.1, -0.05) is 24.3 Å². The summed E-state index contributed by atoms with van der Waals surface area (Å²) in [5, 5.41) is 6.86. The summed E-state index contributed by atoms with van der Waals surface area (Å²) in [7, 11) is 0. The van der Waals surface area contributed by atoms with Gasteiger partial charge in [0.2, 0.25) is 0 Å². The molecule has 3 rings (SSSR count). The molecule has 7 heteroatoms. The Labute approximate surface area is 163 Å². The summed E-state index contributed by atoms with van der Waals surface area (Å²) in [6.45, 7) is 0.167. The third-order valence-electron chi connectivity index (χ3n) is 3.84. The molecule has 140 valence electrons. The van der Waals surface area contributed by atoms with Gasteiger partial charge in [-0.05, 0) is 52.2 Å². The van der Waals surface area contributed by atoms with Gasteiger partial charge in [0.1, 0.15) is 0 Å². The van der Waals surface area contributed by atoms with Crippen LogP contribution in [0.3, 0.4) is 0 Å². The van der Waals surface area contributed by atoms with Gasteiger partial charge in [-0.3, -0.25) is 4.79 Å². The first kappa shape index (κ1) is 19.5. The maximum absolute atomic E-state index is 12.6. The van der Waals surface area contributed by atoms with E-state index >= 15 is 0 Å². The van der Waals surface area contributed by atoms with Gasteiger partial charge in [0.15, 0.2) is 0 Å². The fourth-order valence-electron chi connectivity index (χ4n) is 2.41. The molecule has 2 nitrogen and oxygen atoms in total. The van der Waals surface area contributed by atoms with Gasteiger partial charge in [-0.2, -0.15) is 24.5 Å². The van der Waals surface area contributed by atoms with Crippen molar-refractivity contribution in [2.45, 2.75) is 23.4 Å². The van der Waals surface area contributed by atoms with Crippen LogP contribution in [0.4, 0.5) is 13.2 Å². The highest BCUT2D eigenvalue weighted by molar-refractivity contribution is 7.98. The second-order valence-corrected chi connectivity index (χ2v) is 7.59. The molecule has 1 N–H and O–H groups in total. The van der Waals surface area contributed by atoms with Crippen molar-refractivity contribution < 1.29 is 18.0 Å². The summed E-state index contributed by atoms with van der Waals surface area (Å²) < 4.78 is 37.8. The molecule has 2 aromatic carbocycles. The van der Waals surface area contributed by atoms with E-state index in [2.05, 4.69) is 10.7 Å². The van der Waals surface area contributed by atoms with E-state index in [4.69, 9.17) is 0 Å². The summed E-state index contributed by atoms with van der Waals surface area (Å²) >= 11 is 3.21. The molecular weight excluding hydrogens is 391 g/mol. The Morgan fingerprint density at radius 1 is 1.00 bits per heavy atom. The third kappa shape index (κ3) is 5.37. The van der Waals surface area contributed by atoms with Gasteiger partial charge < -0.3 is 5.32 Å². The minimum Gasteiger partial charge on any atom is -0.348 e. The maximum Gasteiger partial charge on any atom is 0.416 e. The molecule has 0 bridgehead atoms. The lowest BCUT2D eigenvalue weighted by atomic mass is 10.1. The summed E-state index contributed by atoms with van der Waals surface area (Å²) in [5.41, 5.74) is 1.67. The van der Waals surface area contributed by atoms with E-state index in [9.17, 15) is 18.0 Å². The van der Waals surface area contributed by atoms with Crippen molar-refractivity contribution in [3.63, 3.8) is 0 Å². The Balaban J connectivity index is 1.62. The van der Waals surface area contributed by atoms with Gasteiger partial charge in [-0.25, -0.2) is 0 Å². The van der Waals surface area contributed by atoms with Crippen LogP contribution in [-0.2, 0) is 18.5 Å². The van der Waals surface area contributed by atoms with Crippen LogP contribution in [-0.4, -0.2) is 5.91 Å². The fraction of sp³-hybridized carbons (Fsp3) is 0.150. The lowest BCUT2D eigenvalue weighted by Crippen LogP contribution is -2.23. The number of amides is 1. The molecule has 0 aliphatic carbocycles. The van der Waals surface area contributed by atoms with Crippen LogP contribution in [0.25, 0.3) is 0 Å². The molecule has 3 aromatic rings. The van der Waals surface area contributed by atoms with Gasteiger partial charge >= 0.3 is 6.18 Å². The number of benzene rings is 2. The van der Waals surface area contributed by atoms with Crippen molar-refractivity contribution in [2.75, 3.05) is 0 Å². The van der Waals surface area contributed by atoms with Crippen LogP contribution in [0.1, 0.15) is 27.0 Å². The molecule has 0 spiro atoms. The number of thiophene rings is 1. The van der Waals surface area contributed by atoms with Crippen LogP contribution in [0, 0.1) is 0 Å². The zero-order valence-corrected chi connectivity index (χ0v) is 15.8. The molecule has 0 saturated heterocycles. The normalized spacial score (nSPS) is 11.4. The van der Waals surface area contributed by atoms with E-state index in [-0.39, 0.29) is 12.5 Å². The number of alkyl halides is 3. The van der Waals surface area contributed by atoms with E-state index in [0.29, 0.717) is 11.1 Å². The van der Waals surface area contributed by atoms with Crippen LogP contribution < -0.4 is 5.32 Å². The Bertz CT molecular complexity index is 890. The molecule has 0 aliphatic rings. The van der Waals surface area contributed by atoms with Crippen LogP contribution >= 0.6 is 23.1 Å². The van der Waals surface area contributed by atoms with Crippen molar-refractivity contribution in [1.82, 2.24) is 5.32 Å². The number of halogens is 3. The summed E-state index contributed by atoms with van der Waals surface area (Å²) in [5.74, 6) is 0.524. The monoisotopic (exact) mass is 407 g/mol. The number of thioether (sulfide) groups is 1. The van der Waals surface area contributed by atoms with Crippen molar-refractivity contribution >= 4 is 29.0 Å². The van der Waals surface area contributed by atoms with Crippen molar-refractivity contribution in [2.24, 2.45) is 0 Å². The quantitative estimate of drug-likeness (QED) is 0.509. The molecule has 1 heterocycles. The minimum absolute atomic E-state index is 0.167. The summed E-state index contributed by atoms with van der Waals surface area (Å²) in [6.07, 6.45) is -4.36. The Hall–Kier alpha value is -2.25.